The van der Waals surface area contributed by atoms with E-state index in [0.717, 1.165) is 89.9 Å². The Labute approximate surface area is 359 Å². The number of hydrogen-bond donors (Lipinski definition) is 1. The average molecular weight is 821 g/mol. The number of rotatable bonds is 38. The Balaban J connectivity index is 4.49. The second-order valence-electron chi connectivity index (χ2n) is 15.5. The molecule has 0 aliphatic rings. The van der Waals surface area contributed by atoms with E-state index in [2.05, 4.69) is 111 Å². The zero-order valence-electron chi connectivity index (χ0n) is 37.7. The lowest BCUT2D eigenvalue weighted by Crippen LogP contribution is -2.50. The van der Waals surface area contributed by atoms with Gasteiger partial charge in [-0.05, 0) is 83.5 Å². The second kappa shape index (κ2) is 40.8. The predicted molar refractivity (Wildman–Crippen MR) is 247 cm³/mol. The molecule has 0 fully saturated rings. The number of unbranched alkanes of at least 4 members (excludes halogenated alkanes) is 6. The molecule has 8 heteroatoms. The normalized spacial score (nSPS) is 14.0. The monoisotopic (exact) mass is 821 g/mol. The smallest absolute Gasteiger partial charge is 0.362 e. The Kier molecular flexibility index (Phi) is 38.0. The van der Waals surface area contributed by atoms with Crippen LogP contribution >= 0.6 is 0 Å². The third kappa shape index (κ3) is 39.2. The Morgan fingerprint density at radius 1 is 0.508 bits per heavy atom. The van der Waals surface area contributed by atoms with E-state index in [1.165, 1.54) is 12.8 Å². The molecule has 0 saturated carbocycles. The van der Waals surface area contributed by atoms with Gasteiger partial charge in [0.15, 0.2) is 12.1 Å². The van der Waals surface area contributed by atoms with Crippen LogP contribution in [-0.2, 0) is 28.6 Å². The van der Waals surface area contributed by atoms with Gasteiger partial charge in [0.2, 0.25) is 0 Å². The summed E-state index contributed by atoms with van der Waals surface area (Å²) in [6, 6.07) is -0.635. The molecular weight excluding hydrogens is 739 g/mol. The van der Waals surface area contributed by atoms with E-state index in [1.807, 2.05) is 33.3 Å². The molecule has 0 spiro atoms. The van der Waals surface area contributed by atoms with Crippen molar-refractivity contribution in [3.05, 3.63) is 109 Å². The van der Waals surface area contributed by atoms with Crippen molar-refractivity contribution in [2.75, 3.05) is 41.0 Å². The summed E-state index contributed by atoms with van der Waals surface area (Å²) < 4.78 is 17.2. The molecule has 332 valence electrons. The van der Waals surface area contributed by atoms with Crippen LogP contribution in [-0.4, -0.2) is 80.6 Å². The highest BCUT2D eigenvalue weighted by Crippen LogP contribution is 2.12. The van der Waals surface area contributed by atoms with Crippen molar-refractivity contribution in [3.8, 4) is 0 Å². The number of quaternary nitrogens is 1. The fourth-order valence-electron chi connectivity index (χ4n) is 5.78. The number of esters is 2. The first-order valence-electron chi connectivity index (χ1n) is 22.4. The predicted octanol–water partition coefficient (Wildman–Crippen LogP) is 12.5. The van der Waals surface area contributed by atoms with E-state index in [4.69, 9.17) is 14.2 Å². The molecule has 0 aliphatic heterocycles. The highest BCUT2D eigenvalue weighted by atomic mass is 16.6. The molecule has 0 amide bonds. The summed E-state index contributed by atoms with van der Waals surface area (Å²) in [6.45, 7) is 4.39. The van der Waals surface area contributed by atoms with Crippen molar-refractivity contribution < 1.29 is 38.2 Å². The van der Waals surface area contributed by atoms with Gasteiger partial charge in [0, 0.05) is 19.3 Å². The van der Waals surface area contributed by atoms with E-state index >= 15 is 0 Å². The lowest BCUT2D eigenvalue weighted by Gasteiger charge is -2.31. The van der Waals surface area contributed by atoms with Gasteiger partial charge in [0.05, 0.1) is 34.4 Å². The third-order valence-corrected chi connectivity index (χ3v) is 9.18. The van der Waals surface area contributed by atoms with E-state index < -0.39 is 18.1 Å². The summed E-state index contributed by atoms with van der Waals surface area (Å²) in [5.41, 5.74) is 0. The largest absolute Gasteiger partial charge is 0.477 e. The number of carbonyl (C=O) groups excluding carboxylic acids is 2. The number of nitrogens with zero attached hydrogens (tertiary/aromatic N) is 1. The molecule has 0 radical (unpaired) electrons. The van der Waals surface area contributed by atoms with Crippen molar-refractivity contribution in [1.29, 1.82) is 0 Å². The number of carboxylic acids is 1. The molecule has 2 unspecified atom stereocenters. The third-order valence-electron chi connectivity index (χ3n) is 9.18. The van der Waals surface area contributed by atoms with Crippen LogP contribution < -0.4 is 0 Å². The summed E-state index contributed by atoms with van der Waals surface area (Å²) in [5.74, 6) is -1.61. The molecule has 2 atom stereocenters. The maximum absolute atomic E-state index is 12.7. The number of carbonyl (C=O) groups is 3. The first-order chi connectivity index (χ1) is 28.6. The highest BCUT2D eigenvalue weighted by molar-refractivity contribution is 5.72. The summed E-state index contributed by atoms with van der Waals surface area (Å²) in [7, 11) is 5.49. The fourth-order valence-corrected chi connectivity index (χ4v) is 5.78. The van der Waals surface area contributed by atoms with Crippen molar-refractivity contribution >= 4 is 17.9 Å². The van der Waals surface area contributed by atoms with Crippen molar-refractivity contribution in [3.63, 3.8) is 0 Å². The first kappa shape index (κ1) is 55.0. The molecule has 0 aromatic heterocycles. The Morgan fingerprint density at radius 2 is 0.932 bits per heavy atom. The van der Waals surface area contributed by atoms with Gasteiger partial charge in [0.1, 0.15) is 6.61 Å². The van der Waals surface area contributed by atoms with E-state index in [0.29, 0.717) is 19.3 Å². The van der Waals surface area contributed by atoms with Gasteiger partial charge in [-0.3, -0.25) is 9.59 Å². The molecule has 59 heavy (non-hydrogen) atoms. The molecule has 0 aromatic carbocycles. The van der Waals surface area contributed by atoms with Gasteiger partial charge in [-0.1, -0.05) is 149 Å². The van der Waals surface area contributed by atoms with Crippen LogP contribution in [0.15, 0.2) is 109 Å². The SMILES string of the molecule is CC/C=C/C/C=C/C/C=C/C/C=C/C/C=C/CCC(=O)OCC(COCCC(C(=O)O)[N+](C)(C)C)OC(=O)CCCCCCCC/C=C/C/C=C/C/C=C/C/C=C/CC. The zero-order chi connectivity index (χ0) is 43.5. The quantitative estimate of drug-likeness (QED) is 0.0287. The van der Waals surface area contributed by atoms with Gasteiger partial charge in [0.25, 0.3) is 0 Å². The van der Waals surface area contributed by atoms with Crippen LogP contribution in [0.3, 0.4) is 0 Å². The molecule has 0 aromatic rings. The van der Waals surface area contributed by atoms with E-state index in [-0.39, 0.29) is 42.7 Å². The molecule has 0 saturated heterocycles. The van der Waals surface area contributed by atoms with E-state index in [9.17, 15) is 19.5 Å². The average Bonchev–Trinajstić information content (AvgIpc) is 3.19. The minimum atomic E-state index is -0.892. The Morgan fingerprint density at radius 3 is 1.39 bits per heavy atom. The van der Waals surface area contributed by atoms with Crippen molar-refractivity contribution in [2.24, 2.45) is 0 Å². The van der Waals surface area contributed by atoms with Crippen LogP contribution in [0.5, 0.6) is 0 Å². The van der Waals surface area contributed by atoms with Crippen molar-refractivity contribution in [2.45, 2.75) is 154 Å². The number of hydrogen-bond acceptors (Lipinski definition) is 6. The lowest BCUT2D eigenvalue weighted by molar-refractivity contribution is -0.887. The molecule has 8 nitrogen and oxygen atoms in total. The number of aliphatic carboxylic acids is 1. The summed E-state index contributed by atoms with van der Waals surface area (Å²) in [4.78, 5) is 37.0. The van der Waals surface area contributed by atoms with Gasteiger partial charge in [-0.2, -0.15) is 0 Å². The van der Waals surface area contributed by atoms with Crippen LogP contribution in [0.1, 0.15) is 142 Å². The topological polar surface area (TPSA) is 99.1 Å². The second-order valence-corrected chi connectivity index (χ2v) is 15.5. The lowest BCUT2D eigenvalue weighted by atomic mass is 10.1. The van der Waals surface area contributed by atoms with Crippen LogP contribution in [0.25, 0.3) is 0 Å². The van der Waals surface area contributed by atoms with Crippen LogP contribution in [0, 0.1) is 0 Å². The molecule has 0 heterocycles. The minimum Gasteiger partial charge on any atom is -0.477 e. The molecule has 0 rings (SSSR count). The van der Waals surface area contributed by atoms with Crippen molar-refractivity contribution in [1.82, 2.24) is 0 Å². The van der Waals surface area contributed by atoms with Crippen LogP contribution in [0.4, 0.5) is 0 Å². The summed E-state index contributed by atoms with van der Waals surface area (Å²) in [6.07, 6.45) is 55.7. The Hall–Kier alpha value is -4.01. The first-order valence-corrected chi connectivity index (χ1v) is 22.4. The molecule has 0 aliphatic carbocycles. The zero-order valence-corrected chi connectivity index (χ0v) is 37.7. The maximum atomic E-state index is 12.7. The van der Waals surface area contributed by atoms with Gasteiger partial charge in [-0.15, -0.1) is 0 Å². The van der Waals surface area contributed by atoms with E-state index in [1.54, 1.807) is 0 Å². The number of carboxylic acid groups (broad SMARTS) is 1. The minimum absolute atomic E-state index is 0.0244. The number of allylic oxidation sites excluding steroid dienone is 18. The standard InChI is InChI=1S/C51H81NO7/c1-6-8-10-12-14-16-18-20-22-24-25-26-28-30-32-34-36-38-40-42-50(54)59-47(45-57-44-43-48(51(55)56)52(3,4)5)46-58-49(53)41-39-37-35-33-31-29-27-23-21-19-17-15-13-11-9-7-2/h8-11,14-17,20-23,25-26,29,31,35,37,47-48H,6-7,12-13,18-19,24,27-28,30,32-34,36,38-46H2,1-5H3/p+1/b10-8+,11-9+,16-14+,17-15+,22-20+,23-21+,26-25+,31-29+,37-35+. The van der Waals surface area contributed by atoms with Crippen LogP contribution in [0.2, 0.25) is 0 Å². The maximum Gasteiger partial charge on any atom is 0.362 e. The summed E-state index contributed by atoms with van der Waals surface area (Å²) >= 11 is 0. The van der Waals surface area contributed by atoms with Gasteiger partial charge < -0.3 is 23.8 Å². The molecule has 1 N–H and O–H groups in total. The molecular formula is C51H82NO7+. The fraction of sp³-hybridized carbons (Fsp3) is 0.588. The van der Waals surface area contributed by atoms with Gasteiger partial charge in [-0.25, -0.2) is 4.79 Å². The number of ether oxygens (including phenoxy) is 3. The number of likely N-dealkylation sites (N-methyl/N-ethyl adjacent to an activating group) is 1. The molecule has 0 bridgehead atoms. The summed E-state index contributed by atoms with van der Waals surface area (Å²) in [5, 5.41) is 9.62. The highest BCUT2D eigenvalue weighted by Gasteiger charge is 2.31. The Bertz CT molecular complexity index is 1330. The van der Waals surface area contributed by atoms with Gasteiger partial charge >= 0.3 is 17.9 Å².